The van der Waals surface area contributed by atoms with Gasteiger partial charge in [0.15, 0.2) is 0 Å². The van der Waals surface area contributed by atoms with Gasteiger partial charge in [0.25, 0.3) is 0 Å². The van der Waals surface area contributed by atoms with E-state index >= 15 is 0 Å². The highest BCUT2D eigenvalue weighted by atomic mass is 16.5. The Morgan fingerprint density at radius 3 is 2.28 bits per heavy atom. The minimum absolute atomic E-state index is 0.0236. The number of carbonyl (C=O) groups excluding carboxylic acids is 2. The lowest BCUT2D eigenvalue weighted by Gasteiger charge is -2.24. The van der Waals surface area contributed by atoms with Crippen LogP contribution in [0.3, 0.4) is 0 Å². The molecule has 0 aromatic carbocycles. The van der Waals surface area contributed by atoms with Crippen LogP contribution in [-0.4, -0.2) is 43.0 Å². The normalized spacial score (nSPS) is 12.3. The molecule has 0 radical (unpaired) electrons. The summed E-state index contributed by atoms with van der Waals surface area (Å²) in [5.74, 6) is 0.149. The molecule has 0 fully saturated rings. The van der Waals surface area contributed by atoms with Crippen molar-refractivity contribution in [3.8, 4) is 0 Å². The fourth-order valence-electron chi connectivity index (χ4n) is 1.60. The van der Waals surface area contributed by atoms with Gasteiger partial charge in [-0.2, -0.15) is 0 Å². The summed E-state index contributed by atoms with van der Waals surface area (Å²) in [5.41, 5.74) is 5.64. The Hall–Kier alpha value is -1.10. The molecule has 0 bridgehead atoms. The summed E-state index contributed by atoms with van der Waals surface area (Å²) in [6, 6.07) is 0.0236. The van der Waals surface area contributed by atoms with E-state index in [-0.39, 0.29) is 24.3 Å². The van der Waals surface area contributed by atoms with Crippen molar-refractivity contribution in [1.29, 1.82) is 0 Å². The predicted molar refractivity (Wildman–Crippen MR) is 70.9 cm³/mol. The molecule has 2 N–H and O–H groups in total. The zero-order chi connectivity index (χ0) is 14.1. The fraction of sp³-hybridized carbons (Fsp3) is 0.846. The van der Waals surface area contributed by atoms with Crippen LogP contribution in [0.1, 0.15) is 40.0 Å². The van der Waals surface area contributed by atoms with E-state index in [0.29, 0.717) is 31.8 Å². The highest BCUT2D eigenvalue weighted by molar-refractivity contribution is 5.77. The lowest BCUT2D eigenvalue weighted by Crippen LogP contribution is -2.36. The fourth-order valence-corrected chi connectivity index (χ4v) is 1.60. The van der Waals surface area contributed by atoms with E-state index in [1.54, 1.807) is 4.90 Å². The number of ether oxygens (including phenoxy) is 1. The first-order valence-electron chi connectivity index (χ1n) is 6.47. The number of hydrogen-bond donors (Lipinski definition) is 1. The van der Waals surface area contributed by atoms with Crippen LogP contribution in [0.25, 0.3) is 0 Å². The van der Waals surface area contributed by atoms with Crippen LogP contribution < -0.4 is 5.73 Å². The molecule has 18 heavy (non-hydrogen) atoms. The van der Waals surface area contributed by atoms with Crippen molar-refractivity contribution in [2.24, 2.45) is 11.7 Å². The number of hydrogen-bond acceptors (Lipinski definition) is 4. The highest BCUT2D eigenvalue weighted by Gasteiger charge is 2.16. The van der Waals surface area contributed by atoms with Crippen molar-refractivity contribution < 1.29 is 14.3 Å². The van der Waals surface area contributed by atoms with Crippen LogP contribution in [0.15, 0.2) is 0 Å². The van der Waals surface area contributed by atoms with Crippen molar-refractivity contribution >= 4 is 11.9 Å². The molecule has 0 aromatic heterocycles. The maximum Gasteiger partial charge on any atom is 0.307 e. The molecule has 1 unspecified atom stereocenters. The molecule has 1 atom stereocenters. The predicted octanol–water partition coefficient (Wildman–Crippen LogP) is 1.16. The Morgan fingerprint density at radius 1 is 1.22 bits per heavy atom. The third-order valence-electron chi connectivity index (χ3n) is 2.57. The summed E-state index contributed by atoms with van der Waals surface area (Å²) in [4.78, 5) is 24.8. The third-order valence-corrected chi connectivity index (χ3v) is 2.57. The quantitative estimate of drug-likeness (QED) is 0.663. The molecule has 1 amide bonds. The van der Waals surface area contributed by atoms with Gasteiger partial charge in [0, 0.05) is 25.6 Å². The Morgan fingerprint density at radius 2 is 1.83 bits per heavy atom. The average molecular weight is 258 g/mol. The monoisotopic (exact) mass is 258 g/mol. The molecule has 0 spiro atoms. The van der Waals surface area contributed by atoms with Crippen LogP contribution >= 0.6 is 0 Å². The summed E-state index contributed by atoms with van der Waals surface area (Å²) >= 11 is 0. The van der Waals surface area contributed by atoms with Crippen LogP contribution in [-0.2, 0) is 14.3 Å². The smallest absolute Gasteiger partial charge is 0.307 e. The Balaban J connectivity index is 4.28. The van der Waals surface area contributed by atoms with Crippen LogP contribution in [0, 0.1) is 5.92 Å². The van der Waals surface area contributed by atoms with Crippen LogP contribution in [0.5, 0.6) is 0 Å². The standard InChI is InChI=1S/C13H26N2O3/c1-10(2)9-15(8-7-13(17)18-4)12(16)6-5-11(3)14/h10-11H,5-9,14H2,1-4H3. The lowest BCUT2D eigenvalue weighted by molar-refractivity contribution is -0.142. The molecule has 106 valence electrons. The van der Waals surface area contributed by atoms with Gasteiger partial charge >= 0.3 is 5.97 Å². The lowest BCUT2D eigenvalue weighted by atomic mass is 10.1. The van der Waals surface area contributed by atoms with Gasteiger partial charge < -0.3 is 15.4 Å². The Labute approximate surface area is 110 Å². The van der Waals surface area contributed by atoms with Crippen molar-refractivity contribution in [1.82, 2.24) is 4.90 Å². The second-order valence-electron chi connectivity index (χ2n) is 5.08. The molecule has 0 heterocycles. The van der Waals surface area contributed by atoms with E-state index in [0.717, 1.165) is 0 Å². The van der Waals surface area contributed by atoms with E-state index in [4.69, 9.17) is 5.73 Å². The molecule has 5 nitrogen and oxygen atoms in total. The van der Waals surface area contributed by atoms with E-state index in [2.05, 4.69) is 4.74 Å². The van der Waals surface area contributed by atoms with Gasteiger partial charge in [0.2, 0.25) is 5.91 Å². The van der Waals surface area contributed by atoms with Crippen molar-refractivity contribution in [3.05, 3.63) is 0 Å². The van der Waals surface area contributed by atoms with Gasteiger partial charge in [0.05, 0.1) is 13.5 Å². The van der Waals surface area contributed by atoms with Crippen LogP contribution in [0.4, 0.5) is 0 Å². The van der Waals surface area contributed by atoms with E-state index < -0.39 is 0 Å². The molecule has 0 rings (SSSR count). The number of nitrogens with zero attached hydrogens (tertiary/aromatic N) is 1. The second kappa shape index (κ2) is 8.91. The van der Waals surface area contributed by atoms with Crippen LogP contribution in [0.2, 0.25) is 0 Å². The molecule has 0 aliphatic heterocycles. The van der Waals surface area contributed by atoms with Crippen molar-refractivity contribution in [2.45, 2.75) is 46.1 Å². The first kappa shape index (κ1) is 16.9. The summed E-state index contributed by atoms with van der Waals surface area (Å²) in [7, 11) is 1.35. The molecular formula is C13H26N2O3. The Kier molecular flexibility index (Phi) is 8.37. The van der Waals surface area contributed by atoms with Crippen molar-refractivity contribution in [2.75, 3.05) is 20.2 Å². The SMILES string of the molecule is COC(=O)CCN(CC(C)C)C(=O)CCC(C)N. The highest BCUT2D eigenvalue weighted by Crippen LogP contribution is 2.06. The van der Waals surface area contributed by atoms with Gasteiger partial charge in [-0.1, -0.05) is 13.8 Å². The maximum atomic E-state index is 12.0. The zero-order valence-electron chi connectivity index (χ0n) is 11.9. The minimum Gasteiger partial charge on any atom is -0.469 e. The minimum atomic E-state index is -0.288. The number of carbonyl (C=O) groups is 2. The molecule has 0 saturated carbocycles. The third kappa shape index (κ3) is 8.06. The summed E-state index contributed by atoms with van der Waals surface area (Å²) in [6.07, 6.45) is 1.35. The molecule has 0 aliphatic carbocycles. The molecular weight excluding hydrogens is 232 g/mol. The molecule has 0 saturated heterocycles. The first-order chi connectivity index (χ1) is 8.36. The number of rotatable bonds is 8. The molecule has 0 aliphatic rings. The number of nitrogens with two attached hydrogens (primary N) is 1. The number of methoxy groups -OCH3 is 1. The first-order valence-corrected chi connectivity index (χ1v) is 6.47. The number of esters is 1. The summed E-state index contributed by atoms with van der Waals surface area (Å²) < 4.78 is 4.59. The Bertz CT molecular complexity index is 265. The molecule has 0 aromatic rings. The van der Waals surface area contributed by atoms with Gasteiger partial charge in [-0.15, -0.1) is 0 Å². The van der Waals surface area contributed by atoms with Gasteiger partial charge in [-0.3, -0.25) is 9.59 Å². The largest absolute Gasteiger partial charge is 0.469 e. The second-order valence-corrected chi connectivity index (χ2v) is 5.08. The maximum absolute atomic E-state index is 12.0. The topological polar surface area (TPSA) is 72.6 Å². The van der Waals surface area contributed by atoms with E-state index in [1.807, 2.05) is 20.8 Å². The van der Waals surface area contributed by atoms with Gasteiger partial charge in [0.1, 0.15) is 0 Å². The van der Waals surface area contributed by atoms with Crippen molar-refractivity contribution in [3.63, 3.8) is 0 Å². The average Bonchev–Trinajstić information content (AvgIpc) is 2.30. The zero-order valence-corrected chi connectivity index (χ0v) is 11.9. The molecule has 5 heteroatoms. The van der Waals surface area contributed by atoms with E-state index in [9.17, 15) is 9.59 Å². The van der Waals surface area contributed by atoms with Gasteiger partial charge in [-0.25, -0.2) is 0 Å². The summed E-state index contributed by atoms with van der Waals surface area (Å²) in [6.45, 7) is 7.06. The van der Waals surface area contributed by atoms with Gasteiger partial charge in [-0.05, 0) is 19.3 Å². The summed E-state index contributed by atoms with van der Waals surface area (Å²) in [5, 5.41) is 0. The van der Waals surface area contributed by atoms with E-state index in [1.165, 1.54) is 7.11 Å². The number of amides is 1.